The summed E-state index contributed by atoms with van der Waals surface area (Å²) in [6, 6.07) is 102. The molecular formula is C100H81B2BrN14O4. The summed E-state index contributed by atoms with van der Waals surface area (Å²) >= 11 is 3.51. The molecule has 13 heterocycles. The van der Waals surface area contributed by atoms with Gasteiger partial charge in [-0.25, -0.2) is 39.9 Å². The molecule has 0 saturated carbocycles. The smallest absolute Gasteiger partial charge is 0.399 e. The summed E-state index contributed by atoms with van der Waals surface area (Å²) in [5.74, 6) is 2.32. The monoisotopic (exact) mass is 1640 g/mol. The molecule has 588 valence electrons. The van der Waals surface area contributed by atoms with E-state index in [4.69, 9.17) is 53.5 Å². The topological polar surface area (TPSA) is 217 Å². The molecule has 0 atom stereocenters. The molecule has 2 fully saturated rings. The van der Waals surface area contributed by atoms with E-state index in [-0.39, 0.29) is 0 Å². The van der Waals surface area contributed by atoms with Crippen LogP contribution in [-0.4, -0.2) is 106 Å². The summed E-state index contributed by atoms with van der Waals surface area (Å²) in [7, 11) is -1.17. The maximum Gasteiger partial charge on any atom is 0.494 e. The second-order valence-electron chi connectivity index (χ2n) is 31.2. The van der Waals surface area contributed by atoms with E-state index in [9.17, 15) is 0 Å². The Hall–Kier alpha value is -13.8. The molecule has 17 aromatic rings. The molecular weight excluding hydrogens is 1560 g/mol. The average Bonchev–Trinajstić information content (AvgIpc) is 1.62. The molecule has 0 aliphatic carbocycles. The Morgan fingerprint density at radius 2 is 0.438 bits per heavy atom. The molecule has 121 heavy (non-hydrogen) atoms. The highest BCUT2D eigenvalue weighted by Gasteiger charge is 2.54. The van der Waals surface area contributed by atoms with E-state index in [0.29, 0.717) is 23.3 Å². The van der Waals surface area contributed by atoms with Gasteiger partial charge in [0.25, 0.3) is 0 Å². The lowest BCUT2D eigenvalue weighted by molar-refractivity contribution is 0.00578. The molecule has 0 unspecified atom stereocenters. The van der Waals surface area contributed by atoms with Crippen LogP contribution in [0.15, 0.2) is 351 Å². The number of nitrogens with zero attached hydrogens (tertiary/aromatic N) is 14. The standard InChI is InChI=1S/C52H34N8.C33H37B2N3O4.C15H10BrN3/c1-3-15-35(16-4-1)46-34-47(36-17-5-2-6-18-36)60-52(59-46)41-28-37(39-30-48(42-19-7-11-23-53-42)57-49(31-39)43-20-8-12-24-54-43)27-38(29-41)40-32-50(44-21-9-13-25-55-44)58-51(33-40)45-22-10-14-26-56-45;1-30(2)31(3,4)40-34(39-30)25-19-24(20-26(21-25)35-41-32(5,6)33(7,8)42-35)29-37-27(22-15-11-9-12-16-22)36-28(38-29)23-17-13-10-14-18-23;16-11-9-14(12-5-1-3-7-17-12)19-15(10-11)13-6-2-4-8-18-13/h1-34H;9-21H,1-8H3;1-10H. The van der Waals surface area contributed by atoms with E-state index in [1.807, 2.05) is 237 Å². The summed E-state index contributed by atoms with van der Waals surface area (Å²) in [6.07, 6.45) is 10.7. The van der Waals surface area contributed by atoms with Crippen LogP contribution in [0.3, 0.4) is 0 Å². The van der Waals surface area contributed by atoms with Crippen LogP contribution in [0, 0.1) is 0 Å². The molecule has 19 rings (SSSR count). The van der Waals surface area contributed by atoms with Gasteiger partial charge in [-0.2, -0.15) is 0 Å². The third-order valence-corrected chi connectivity index (χ3v) is 22.2. The number of aromatic nitrogens is 14. The molecule has 2 aliphatic rings. The molecule has 11 aromatic heterocycles. The van der Waals surface area contributed by atoms with E-state index in [1.54, 1.807) is 37.2 Å². The summed E-state index contributed by atoms with van der Waals surface area (Å²) in [5.41, 5.74) is 19.8. The van der Waals surface area contributed by atoms with Gasteiger partial charge in [-0.1, -0.05) is 192 Å². The maximum absolute atomic E-state index is 6.47. The SMILES string of the molecule is Brc1cc(-c2ccccn2)nc(-c2ccccn2)c1.CC1(C)OB(c2cc(B3OC(C)(C)C(C)(C)O3)cc(-c3nc(-c4ccccc4)nc(-c4ccccc4)n3)c2)OC1(C)C.c1ccc(-c2cc(-c3ccccc3)nc(-c3cc(-c4cc(-c5ccccn5)nc(-c5ccccn5)c4)cc(-c4cc(-c5ccccn5)nc(-c5ccccn5)c4)c3)n2)cc1. The van der Waals surface area contributed by atoms with Crippen molar-refractivity contribution in [1.82, 2.24) is 69.8 Å². The van der Waals surface area contributed by atoms with E-state index < -0.39 is 36.6 Å². The Bertz CT molecular complexity index is 5770. The zero-order valence-corrected chi connectivity index (χ0v) is 69.4. The van der Waals surface area contributed by atoms with Gasteiger partial charge in [0.2, 0.25) is 0 Å². The highest BCUT2D eigenvalue weighted by molar-refractivity contribution is 9.10. The summed E-state index contributed by atoms with van der Waals surface area (Å²) in [6.45, 7) is 16.4. The fraction of sp³-hybridized carbons (Fsp3) is 0.120. The van der Waals surface area contributed by atoms with Crippen LogP contribution in [0.5, 0.6) is 0 Å². The van der Waals surface area contributed by atoms with E-state index in [0.717, 1.165) is 151 Å². The molecule has 0 spiro atoms. The van der Waals surface area contributed by atoms with Crippen LogP contribution in [0.4, 0.5) is 0 Å². The molecule has 0 N–H and O–H groups in total. The van der Waals surface area contributed by atoms with Crippen molar-refractivity contribution in [3.63, 3.8) is 0 Å². The van der Waals surface area contributed by atoms with Crippen molar-refractivity contribution in [2.24, 2.45) is 0 Å². The molecule has 2 aliphatic heterocycles. The number of halogens is 1. The van der Waals surface area contributed by atoms with Gasteiger partial charge < -0.3 is 18.6 Å². The first kappa shape index (κ1) is 79.7. The zero-order valence-electron chi connectivity index (χ0n) is 67.8. The fourth-order valence-electron chi connectivity index (χ4n) is 13.9. The van der Waals surface area contributed by atoms with Crippen LogP contribution < -0.4 is 10.9 Å². The third kappa shape index (κ3) is 18.1. The largest absolute Gasteiger partial charge is 0.494 e. The molecule has 0 radical (unpaired) electrons. The third-order valence-electron chi connectivity index (χ3n) is 21.7. The highest BCUT2D eigenvalue weighted by atomic mass is 79.9. The Balaban J connectivity index is 0.000000147. The Labute approximate surface area is 712 Å². The van der Waals surface area contributed by atoms with Crippen molar-refractivity contribution in [2.45, 2.75) is 77.8 Å². The maximum atomic E-state index is 6.47. The minimum absolute atomic E-state index is 0.494. The predicted molar refractivity (Wildman–Crippen MR) is 484 cm³/mol. The van der Waals surface area contributed by atoms with Crippen molar-refractivity contribution in [1.29, 1.82) is 0 Å². The van der Waals surface area contributed by atoms with Gasteiger partial charge in [-0.15, -0.1) is 0 Å². The summed E-state index contributed by atoms with van der Waals surface area (Å²) < 4.78 is 26.8. The lowest BCUT2D eigenvalue weighted by atomic mass is 9.71. The Kier molecular flexibility index (Phi) is 22.8. The highest BCUT2D eigenvalue weighted by Crippen LogP contribution is 2.42. The van der Waals surface area contributed by atoms with Crippen LogP contribution in [0.1, 0.15) is 55.4 Å². The Morgan fingerprint density at radius 1 is 0.198 bits per heavy atom. The second-order valence-corrected chi connectivity index (χ2v) is 32.1. The number of hydrogen-bond acceptors (Lipinski definition) is 18. The van der Waals surface area contributed by atoms with Crippen molar-refractivity contribution < 1.29 is 18.6 Å². The summed E-state index contributed by atoms with van der Waals surface area (Å²) in [4.78, 5) is 67.4. The van der Waals surface area contributed by atoms with E-state index in [2.05, 4.69) is 179 Å². The second kappa shape index (κ2) is 34.6. The van der Waals surface area contributed by atoms with Crippen LogP contribution in [0.2, 0.25) is 0 Å². The first-order valence-corrected chi connectivity index (χ1v) is 40.7. The molecule has 21 heteroatoms. The van der Waals surface area contributed by atoms with E-state index >= 15 is 0 Å². The number of pyridine rings is 9. The number of hydrogen-bond donors (Lipinski definition) is 0. The van der Waals surface area contributed by atoms with Gasteiger partial charge in [-0.05, 0) is 222 Å². The lowest BCUT2D eigenvalue weighted by Crippen LogP contribution is -2.41. The first-order chi connectivity index (χ1) is 58.8. The van der Waals surface area contributed by atoms with Gasteiger partial charge in [0.05, 0.1) is 102 Å². The normalized spacial score (nSPS) is 14.1. The Morgan fingerprint density at radius 3 is 0.727 bits per heavy atom. The molecule has 0 amide bonds. The lowest BCUT2D eigenvalue weighted by Gasteiger charge is -2.32. The van der Waals surface area contributed by atoms with Crippen molar-refractivity contribution in [3.05, 3.63) is 351 Å². The number of rotatable bonds is 16. The van der Waals surface area contributed by atoms with Gasteiger partial charge in [0.1, 0.15) is 0 Å². The minimum atomic E-state index is -0.583. The predicted octanol–water partition coefficient (Wildman–Crippen LogP) is 21.3. The molecule has 6 aromatic carbocycles. The van der Waals surface area contributed by atoms with E-state index in [1.165, 1.54) is 0 Å². The first-order valence-electron chi connectivity index (χ1n) is 39.9. The molecule has 18 nitrogen and oxygen atoms in total. The van der Waals surface area contributed by atoms with Crippen LogP contribution in [-0.2, 0) is 18.6 Å². The zero-order chi connectivity index (χ0) is 83.1. The van der Waals surface area contributed by atoms with Crippen LogP contribution in [0.25, 0.3) is 159 Å². The fourth-order valence-corrected chi connectivity index (χ4v) is 14.4. The van der Waals surface area contributed by atoms with Gasteiger partial charge in [-0.3, -0.25) is 29.9 Å². The van der Waals surface area contributed by atoms with Crippen molar-refractivity contribution >= 4 is 41.1 Å². The van der Waals surface area contributed by atoms with Gasteiger partial charge in [0.15, 0.2) is 23.3 Å². The van der Waals surface area contributed by atoms with Gasteiger partial charge >= 0.3 is 14.2 Å². The van der Waals surface area contributed by atoms with Crippen molar-refractivity contribution in [2.75, 3.05) is 0 Å². The molecule has 0 bridgehead atoms. The van der Waals surface area contributed by atoms with Crippen molar-refractivity contribution in [3.8, 4) is 159 Å². The minimum Gasteiger partial charge on any atom is -0.399 e. The average molecular weight is 1640 g/mol. The van der Waals surface area contributed by atoms with Crippen LogP contribution >= 0.6 is 15.9 Å². The number of benzene rings is 6. The van der Waals surface area contributed by atoms with Gasteiger partial charge in [0, 0.05) is 75.0 Å². The molecule has 2 saturated heterocycles. The summed E-state index contributed by atoms with van der Waals surface area (Å²) in [5, 5.41) is 0. The quantitative estimate of drug-likeness (QED) is 0.0821.